The third kappa shape index (κ3) is 7.97. The molecule has 2 N–H and O–H groups in total. The van der Waals surface area contributed by atoms with Crippen LogP contribution in [-0.2, 0) is 4.79 Å². The van der Waals surface area contributed by atoms with Gasteiger partial charge in [-0.3, -0.25) is 4.79 Å². The fourth-order valence-corrected chi connectivity index (χ4v) is 2.09. The van der Waals surface area contributed by atoms with Crippen LogP contribution in [0.25, 0.3) is 0 Å². The molecule has 1 atom stereocenters. The van der Waals surface area contributed by atoms with Crippen LogP contribution in [0.15, 0.2) is 12.2 Å². The van der Waals surface area contributed by atoms with Crippen LogP contribution in [0.2, 0.25) is 0 Å². The van der Waals surface area contributed by atoms with Crippen molar-refractivity contribution in [1.82, 2.24) is 4.90 Å². The Morgan fingerprint density at radius 2 is 2.00 bits per heavy atom. The van der Waals surface area contributed by atoms with Gasteiger partial charge in [0.15, 0.2) is 0 Å². The molecule has 1 unspecified atom stereocenters. The molecular formula is C14H28N2O. The number of rotatable bonds is 9. The van der Waals surface area contributed by atoms with Gasteiger partial charge in [-0.2, -0.15) is 0 Å². The Morgan fingerprint density at radius 3 is 2.47 bits per heavy atom. The molecule has 0 radical (unpaired) electrons. The maximum Gasteiger partial charge on any atom is 0.222 e. The monoisotopic (exact) mass is 240 g/mol. The average Bonchev–Trinajstić information content (AvgIpc) is 2.25. The van der Waals surface area contributed by atoms with Gasteiger partial charge >= 0.3 is 0 Å². The predicted molar refractivity (Wildman–Crippen MR) is 73.8 cm³/mol. The zero-order valence-corrected chi connectivity index (χ0v) is 11.7. The van der Waals surface area contributed by atoms with Crippen LogP contribution in [0.5, 0.6) is 0 Å². The molecule has 0 heterocycles. The van der Waals surface area contributed by atoms with Crippen molar-refractivity contribution in [3.05, 3.63) is 12.2 Å². The van der Waals surface area contributed by atoms with Crippen molar-refractivity contribution in [1.29, 1.82) is 0 Å². The summed E-state index contributed by atoms with van der Waals surface area (Å²) in [5, 5.41) is 0. The van der Waals surface area contributed by atoms with Crippen LogP contribution in [0.3, 0.4) is 0 Å². The van der Waals surface area contributed by atoms with Crippen molar-refractivity contribution in [2.75, 3.05) is 20.1 Å². The van der Waals surface area contributed by atoms with E-state index in [1.54, 1.807) is 4.90 Å². The summed E-state index contributed by atoms with van der Waals surface area (Å²) in [6.07, 6.45) is 4.97. The molecule has 0 bridgehead atoms. The van der Waals surface area contributed by atoms with Gasteiger partial charge in [0.05, 0.1) is 0 Å². The highest BCUT2D eigenvalue weighted by atomic mass is 16.2. The van der Waals surface area contributed by atoms with Crippen LogP contribution in [-0.4, -0.2) is 30.9 Å². The molecule has 17 heavy (non-hydrogen) atoms. The average molecular weight is 240 g/mol. The Kier molecular flexibility index (Phi) is 8.78. The molecule has 1 amide bonds. The maximum atomic E-state index is 11.8. The number of nitrogens with two attached hydrogens (primary N) is 1. The van der Waals surface area contributed by atoms with Gasteiger partial charge in [0.2, 0.25) is 5.91 Å². The van der Waals surface area contributed by atoms with Crippen LogP contribution < -0.4 is 5.73 Å². The second-order valence-electron chi connectivity index (χ2n) is 4.98. The lowest BCUT2D eigenvalue weighted by atomic mass is 9.94. The van der Waals surface area contributed by atoms with Crippen LogP contribution in [0.4, 0.5) is 0 Å². The molecule has 3 heteroatoms. The second-order valence-corrected chi connectivity index (χ2v) is 4.98. The van der Waals surface area contributed by atoms with E-state index < -0.39 is 0 Å². The van der Waals surface area contributed by atoms with E-state index in [1.165, 1.54) is 12.8 Å². The number of hydrogen-bond acceptors (Lipinski definition) is 2. The van der Waals surface area contributed by atoms with Gasteiger partial charge in [-0.1, -0.05) is 31.9 Å². The summed E-state index contributed by atoms with van der Waals surface area (Å²) in [5.74, 6) is 0.818. The summed E-state index contributed by atoms with van der Waals surface area (Å²) in [7, 11) is 1.84. The largest absolute Gasteiger partial charge is 0.342 e. The van der Waals surface area contributed by atoms with E-state index in [9.17, 15) is 4.79 Å². The molecule has 0 saturated heterocycles. The third-order valence-electron chi connectivity index (χ3n) is 2.97. The first kappa shape index (κ1) is 16.2. The highest BCUT2D eigenvalue weighted by Crippen LogP contribution is 2.17. The molecule has 0 rings (SSSR count). The summed E-state index contributed by atoms with van der Waals surface area (Å²) in [5.41, 5.74) is 6.61. The molecule has 0 aromatic rings. The van der Waals surface area contributed by atoms with Gasteiger partial charge in [-0.25, -0.2) is 0 Å². The Bertz CT molecular complexity index is 232. The van der Waals surface area contributed by atoms with E-state index in [0.29, 0.717) is 18.9 Å². The molecular weight excluding hydrogens is 212 g/mol. The number of carbonyl (C=O) groups is 1. The highest BCUT2D eigenvalue weighted by Gasteiger charge is 2.13. The highest BCUT2D eigenvalue weighted by molar-refractivity contribution is 5.76. The van der Waals surface area contributed by atoms with E-state index in [-0.39, 0.29) is 5.91 Å². The molecule has 0 fully saturated rings. The van der Waals surface area contributed by atoms with Crippen molar-refractivity contribution >= 4 is 5.91 Å². The number of amides is 1. The smallest absolute Gasteiger partial charge is 0.222 e. The first-order valence-corrected chi connectivity index (χ1v) is 6.59. The Morgan fingerprint density at radius 1 is 1.35 bits per heavy atom. The van der Waals surface area contributed by atoms with Crippen molar-refractivity contribution in [2.45, 2.75) is 46.0 Å². The number of carbonyl (C=O) groups excluding carboxylic acids is 1. The molecule has 0 saturated carbocycles. The summed E-state index contributed by atoms with van der Waals surface area (Å²) in [6, 6.07) is 0. The lowest BCUT2D eigenvalue weighted by Crippen LogP contribution is -2.28. The van der Waals surface area contributed by atoms with Crippen LogP contribution in [0.1, 0.15) is 46.0 Å². The molecule has 0 aliphatic heterocycles. The van der Waals surface area contributed by atoms with Gasteiger partial charge in [-0.15, -0.1) is 0 Å². The van der Waals surface area contributed by atoms with Crippen molar-refractivity contribution in [2.24, 2.45) is 11.7 Å². The van der Waals surface area contributed by atoms with Gasteiger partial charge in [0, 0.05) is 20.0 Å². The van der Waals surface area contributed by atoms with Crippen LogP contribution in [0, 0.1) is 5.92 Å². The van der Waals surface area contributed by atoms with Gasteiger partial charge in [0.1, 0.15) is 0 Å². The van der Waals surface area contributed by atoms with E-state index in [0.717, 1.165) is 25.0 Å². The number of hydrogen-bond donors (Lipinski definition) is 1. The topological polar surface area (TPSA) is 46.3 Å². The molecule has 0 spiro atoms. The SMILES string of the molecule is C=C(C)CN(C)C(=O)CCC(CCC)CCN. The van der Waals surface area contributed by atoms with E-state index in [1.807, 2.05) is 14.0 Å². The fourth-order valence-electron chi connectivity index (χ4n) is 2.09. The van der Waals surface area contributed by atoms with Gasteiger partial charge in [-0.05, 0) is 32.2 Å². The minimum atomic E-state index is 0.214. The first-order chi connectivity index (χ1) is 8.01. The summed E-state index contributed by atoms with van der Waals surface area (Å²) >= 11 is 0. The minimum absolute atomic E-state index is 0.214. The van der Waals surface area contributed by atoms with Gasteiger partial charge < -0.3 is 10.6 Å². The van der Waals surface area contributed by atoms with Crippen molar-refractivity contribution in [3.8, 4) is 0 Å². The zero-order chi connectivity index (χ0) is 13.3. The van der Waals surface area contributed by atoms with E-state index in [4.69, 9.17) is 5.73 Å². The molecule has 100 valence electrons. The first-order valence-electron chi connectivity index (χ1n) is 6.59. The van der Waals surface area contributed by atoms with Crippen LogP contribution >= 0.6 is 0 Å². The molecule has 0 aromatic heterocycles. The van der Waals surface area contributed by atoms with Crippen molar-refractivity contribution in [3.63, 3.8) is 0 Å². The standard InChI is InChI=1S/C14H28N2O/c1-5-6-13(9-10-15)7-8-14(17)16(4)11-12(2)3/h13H,2,5-11,15H2,1,3-4H3. The van der Waals surface area contributed by atoms with Crippen molar-refractivity contribution < 1.29 is 4.79 Å². The zero-order valence-electron chi connectivity index (χ0n) is 11.7. The fraction of sp³-hybridized carbons (Fsp3) is 0.786. The Hall–Kier alpha value is -0.830. The summed E-state index contributed by atoms with van der Waals surface area (Å²) < 4.78 is 0. The maximum absolute atomic E-state index is 11.8. The predicted octanol–water partition coefficient (Wildman–Crippen LogP) is 2.57. The Labute approximate surface area is 106 Å². The summed E-state index contributed by atoms with van der Waals surface area (Å²) in [6.45, 7) is 9.33. The number of likely N-dealkylation sites (N-methyl/N-ethyl adjacent to an activating group) is 1. The molecule has 0 aromatic carbocycles. The molecule has 0 aliphatic carbocycles. The Balaban J connectivity index is 3.97. The van der Waals surface area contributed by atoms with E-state index >= 15 is 0 Å². The second kappa shape index (κ2) is 9.23. The normalized spacial score (nSPS) is 12.2. The third-order valence-corrected chi connectivity index (χ3v) is 2.97. The molecule has 0 aliphatic rings. The van der Waals surface area contributed by atoms with Gasteiger partial charge in [0.25, 0.3) is 0 Å². The lowest BCUT2D eigenvalue weighted by molar-refractivity contribution is -0.129. The minimum Gasteiger partial charge on any atom is -0.342 e. The quantitative estimate of drug-likeness (QED) is 0.630. The lowest BCUT2D eigenvalue weighted by Gasteiger charge is -2.19. The summed E-state index contributed by atoms with van der Waals surface area (Å²) in [4.78, 5) is 13.6. The molecule has 3 nitrogen and oxygen atoms in total. The number of nitrogens with zero attached hydrogens (tertiary/aromatic N) is 1. The van der Waals surface area contributed by atoms with E-state index in [2.05, 4.69) is 13.5 Å².